The standard InChI is InChI=1S/C18H25N5OS/c1-12-6-5-7-13(2)23(12)17(24)14(3)25-18-21-20-16(22(18)4)15-8-10-19-11-9-15/h8-14H,5-7H2,1-4H3/t12-,13+,14-/m1/s1. The zero-order valence-electron chi connectivity index (χ0n) is 15.2. The van der Waals surface area contributed by atoms with Crippen molar-refractivity contribution in [3.8, 4) is 11.4 Å². The van der Waals surface area contributed by atoms with Crippen molar-refractivity contribution < 1.29 is 4.79 Å². The van der Waals surface area contributed by atoms with Crippen LogP contribution in [0.4, 0.5) is 0 Å². The lowest BCUT2D eigenvalue weighted by Crippen LogP contribution is -2.50. The van der Waals surface area contributed by atoms with Crippen LogP contribution in [-0.4, -0.2) is 47.9 Å². The molecule has 2 aromatic heterocycles. The van der Waals surface area contributed by atoms with Gasteiger partial charge in [0.15, 0.2) is 11.0 Å². The number of hydrogen-bond acceptors (Lipinski definition) is 5. The first-order chi connectivity index (χ1) is 12.0. The largest absolute Gasteiger partial charge is 0.336 e. The van der Waals surface area contributed by atoms with Crippen molar-refractivity contribution in [1.82, 2.24) is 24.6 Å². The van der Waals surface area contributed by atoms with E-state index in [9.17, 15) is 4.79 Å². The zero-order chi connectivity index (χ0) is 18.0. The summed E-state index contributed by atoms with van der Waals surface area (Å²) in [5, 5.41) is 9.13. The summed E-state index contributed by atoms with van der Waals surface area (Å²) in [5.41, 5.74) is 0.967. The van der Waals surface area contributed by atoms with E-state index in [4.69, 9.17) is 0 Å². The van der Waals surface area contributed by atoms with Gasteiger partial charge in [0.05, 0.1) is 5.25 Å². The molecule has 0 spiro atoms. The third kappa shape index (κ3) is 3.71. The van der Waals surface area contributed by atoms with Crippen molar-refractivity contribution in [2.24, 2.45) is 7.05 Å². The van der Waals surface area contributed by atoms with Crippen LogP contribution in [0.1, 0.15) is 40.0 Å². The van der Waals surface area contributed by atoms with Gasteiger partial charge in [0.25, 0.3) is 0 Å². The Hall–Kier alpha value is -1.89. The molecule has 1 aliphatic rings. The topological polar surface area (TPSA) is 63.9 Å². The number of carbonyl (C=O) groups is 1. The average molecular weight is 359 g/mol. The minimum Gasteiger partial charge on any atom is -0.336 e. The minimum atomic E-state index is -0.184. The summed E-state index contributed by atoms with van der Waals surface area (Å²) in [6, 6.07) is 4.44. The summed E-state index contributed by atoms with van der Waals surface area (Å²) in [5.74, 6) is 0.974. The molecule has 134 valence electrons. The second-order valence-corrected chi connectivity index (χ2v) is 8.04. The lowest BCUT2D eigenvalue weighted by molar-refractivity contribution is -0.136. The van der Waals surface area contributed by atoms with Crippen LogP contribution in [0.5, 0.6) is 0 Å². The Morgan fingerprint density at radius 3 is 2.48 bits per heavy atom. The molecule has 3 rings (SSSR count). The molecule has 0 radical (unpaired) electrons. The van der Waals surface area contributed by atoms with Crippen molar-refractivity contribution in [2.75, 3.05) is 0 Å². The van der Waals surface area contributed by atoms with Crippen LogP contribution < -0.4 is 0 Å². The molecular weight excluding hydrogens is 334 g/mol. The van der Waals surface area contributed by atoms with Crippen LogP contribution in [-0.2, 0) is 11.8 Å². The number of carbonyl (C=O) groups excluding carboxylic acids is 1. The number of amides is 1. The third-order valence-corrected chi connectivity index (χ3v) is 5.97. The van der Waals surface area contributed by atoms with Crippen molar-refractivity contribution in [2.45, 2.75) is 62.5 Å². The minimum absolute atomic E-state index is 0.184. The third-order valence-electron chi connectivity index (χ3n) is 4.85. The van der Waals surface area contributed by atoms with Gasteiger partial charge in [-0.1, -0.05) is 11.8 Å². The highest BCUT2D eigenvalue weighted by molar-refractivity contribution is 8.00. The first-order valence-electron chi connectivity index (χ1n) is 8.77. The quantitative estimate of drug-likeness (QED) is 0.785. The summed E-state index contributed by atoms with van der Waals surface area (Å²) in [7, 11) is 1.93. The smallest absolute Gasteiger partial charge is 0.236 e. The number of aromatic nitrogens is 4. The Morgan fingerprint density at radius 1 is 1.20 bits per heavy atom. The molecule has 1 aliphatic heterocycles. The summed E-state index contributed by atoms with van der Waals surface area (Å²) in [4.78, 5) is 19.0. The molecule has 1 amide bonds. The average Bonchev–Trinajstić information content (AvgIpc) is 2.96. The summed E-state index contributed by atoms with van der Waals surface area (Å²) >= 11 is 1.47. The van der Waals surface area contributed by atoms with Gasteiger partial charge in [0.2, 0.25) is 5.91 Å². The molecule has 1 saturated heterocycles. The number of pyridine rings is 1. The SMILES string of the molecule is C[C@@H]1CCC[C@H](C)N1C(=O)[C@@H](C)Sc1nnc(-c2ccncc2)n1C. The van der Waals surface area contributed by atoms with E-state index in [1.54, 1.807) is 12.4 Å². The first kappa shape index (κ1) is 17.9. The van der Waals surface area contributed by atoms with E-state index in [1.165, 1.54) is 18.2 Å². The van der Waals surface area contributed by atoms with Gasteiger partial charge < -0.3 is 9.47 Å². The van der Waals surface area contributed by atoms with E-state index in [2.05, 4.69) is 33.9 Å². The number of nitrogens with zero attached hydrogens (tertiary/aromatic N) is 5. The molecule has 0 aromatic carbocycles. The van der Waals surface area contributed by atoms with Crippen molar-refractivity contribution in [1.29, 1.82) is 0 Å². The maximum absolute atomic E-state index is 13.0. The number of rotatable bonds is 4. The number of likely N-dealkylation sites (tertiary alicyclic amines) is 1. The summed E-state index contributed by atoms with van der Waals surface area (Å²) in [6.45, 7) is 6.26. The highest BCUT2D eigenvalue weighted by atomic mass is 32.2. The van der Waals surface area contributed by atoms with Gasteiger partial charge in [-0.25, -0.2) is 0 Å². The second kappa shape index (κ2) is 7.56. The van der Waals surface area contributed by atoms with E-state index in [0.717, 1.165) is 29.4 Å². The van der Waals surface area contributed by atoms with E-state index in [1.807, 2.05) is 30.7 Å². The lowest BCUT2D eigenvalue weighted by Gasteiger charge is -2.40. The molecule has 0 saturated carbocycles. The van der Waals surface area contributed by atoms with E-state index in [0.29, 0.717) is 12.1 Å². The highest BCUT2D eigenvalue weighted by Gasteiger charge is 2.32. The van der Waals surface area contributed by atoms with Crippen LogP contribution in [0.2, 0.25) is 0 Å². The Kier molecular flexibility index (Phi) is 5.42. The van der Waals surface area contributed by atoms with Crippen molar-refractivity contribution >= 4 is 17.7 Å². The molecule has 6 nitrogen and oxygen atoms in total. The monoisotopic (exact) mass is 359 g/mol. The Balaban J connectivity index is 1.74. The van der Waals surface area contributed by atoms with E-state index >= 15 is 0 Å². The summed E-state index contributed by atoms with van der Waals surface area (Å²) < 4.78 is 1.94. The van der Waals surface area contributed by atoms with Crippen LogP contribution in [0.25, 0.3) is 11.4 Å². The Labute approximate surface area is 153 Å². The van der Waals surface area contributed by atoms with Gasteiger partial charge in [-0.2, -0.15) is 0 Å². The van der Waals surface area contributed by atoms with Crippen LogP contribution in [0.15, 0.2) is 29.7 Å². The van der Waals surface area contributed by atoms with Gasteiger partial charge in [-0.3, -0.25) is 9.78 Å². The number of thioether (sulfide) groups is 1. The van der Waals surface area contributed by atoms with Gasteiger partial charge in [-0.05, 0) is 52.2 Å². The molecule has 7 heteroatoms. The maximum atomic E-state index is 13.0. The van der Waals surface area contributed by atoms with Crippen LogP contribution >= 0.6 is 11.8 Å². The molecule has 0 N–H and O–H groups in total. The molecule has 2 aromatic rings. The lowest BCUT2D eigenvalue weighted by atomic mass is 9.97. The highest BCUT2D eigenvalue weighted by Crippen LogP contribution is 2.29. The van der Waals surface area contributed by atoms with Crippen molar-refractivity contribution in [3.63, 3.8) is 0 Å². The summed E-state index contributed by atoms with van der Waals surface area (Å²) in [6.07, 6.45) is 6.85. The fourth-order valence-electron chi connectivity index (χ4n) is 3.44. The second-order valence-electron chi connectivity index (χ2n) is 6.74. The van der Waals surface area contributed by atoms with Gasteiger partial charge >= 0.3 is 0 Å². The Bertz CT molecular complexity index is 722. The molecule has 25 heavy (non-hydrogen) atoms. The molecule has 3 heterocycles. The van der Waals surface area contributed by atoms with Gasteiger partial charge in [0, 0.05) is 37.1 Å². The number of hydrogen-bond donors (Lipinski definition) is 0. The molecule has 0 unspecified atom stereocenters. The molecule has 1 fully saturated rings. The fourth-order valence-corrected chi connectivity index (χ4v) is 4.32. The van der Waals surface area contributed by atoms with Gasteiger partial charge in [0.1, 0.15) is 0 Å². The molecular formula is C18H25N5OS. The molecule has 0 aliphatic carbocycles. The van der Waals surface area contributed by atoms with Crippen molar-refractivity contribution in [3.05, 3.63) is 24.5 Å². The first-order valence-corrected chi connectivity index (χ1v) is 9.65. The normalized spacial score (nSPS) is 22.0. The zero-order valence-corrected chi connectivity index (χ0v) is 16.0. The van der Waals surface area contributed by atoms with Crippen LogP contribution in [0.3, 0.4) is 0 Å². The Morgan fingerprint density at radius 2 is 1.84 bits per heavy atom. The molecule has 3 atom stereocenters. The number of piperidine rings is 1. The van der Waals surface area contributed by atoms with Crippen LogP contribution in [0, 0.1) is 0 Å². The van der Waals surface area contributed by atoms with E-state index in [-0.39, 0.29) is 11.2 Å². The maximum Gasteiger partial charge on any atom is 0.236 e. The molecule has 0 bridgehead atoms. The van der Waals surface area contributed by atoms with E-state index < -0.39 is 0 Å². The fraction of sp³-hybridized carbons (Fsp3) is 0.556. The van der Waals surface area contributed by atoms with Gasteiger partial charge in [-0.15, -0.1) is 10.2 Å². The predicted octanol–water partition coefficient (Wildman–Crippen LogP) is 3.15. The predicted molar refractivity (Wildman–Crippen MR) is 99.2 cm³/mol.